The van der Waals surface area contributed by atoms with Gasteiger partial charge in [0.1, 0.15) is 23.0 Å². The topological polar surface area (TPSA) is 112 Å². The van der Waals surface area contributed by atoms with E-state index in [0.717, 1.165) is 11.1 Å². The van der Waals surface area contributed by atoms with E-state index in [1.54, 1.807) is 0 Å². The van der Waals surface area contributed by atoms with Gasteiger partial charge in [-0.05, 0) is 31.4 Å². The number of carbonyl (C=O) groups excluding carboxylic acids is 1. The molecule has 152 valence electrons. The standard InChI is InChI=1S/C21H20N6O2S/c1-13-7-6-8-14(11-13)19-24-20(29-26-19)17-18(22)27(25-21(17)30-2)12-16(28)23-15-9-4-3-5-10-15/h3-11H,12,22H2,1-2H3,(H,23,28). The van der Waals surface area contributed by atoms with E-state index < -0.39 is 0 Å². The van der Waals surface area contributed by atoms with E-state index >= 15 is 0 Å². The molecule has 8 nitrogen and oxygen atoms in total. The minimum atomic E-state index is -0.236. The number of nitrogen functional groups attached to an aromatic ring is 1. The number of para-hydroxylation sites is 1. The Kier molecular flexibility index (Phi) is 5.53. The lowest BCUT2D eigenvalue weighted by Gasteiger charge is -2.06. The first-order valence-electron chi connectivity index (χ1n) is 9.21. The van der Waals surface area contributed by atoms with E-state index in [0.29, 0.717) is 27.9 Å². The molecule has 9 heteroatoms. The number of aromatic nitrogens is 4. The third-order valence-electron chi connectivity index (χ3n) is 4.42. The molecular weight excluding hydrogens is 400 g/mol. The van der Waals surface area contributed by atoms with Crippen LogP contribution < -0.4 is 11.1 Å². The number of anilines is 2. The third kappa shape index (κ3) is 4.06. The van der Waals surface area contributed by atoms with Crippen LogP contribution in [-0.4, -0.2) is 32.1 Å². The van der Waals surface area contributed by atoms with Gasteiger partial charge in [0.2, 0.25) is 11.7 Å². The Bertz CT molecular complexity index is 1190. The molecule has 0 radical (unpaired) electrons. The summed E-state index contributed by atoms with van der Waals surface area (Å²) in [5.74, 6) is 0.792. The maximum atomic E-state index is 12.4. The molecule has 0 spiro atoms. The van der Waals surface area contributed by atoms with Crippen LogP contribution in [0.2, 0.25) is 0 Å². The van der Waals surface area contributed by atoms with E-state index in [1.807, 2.05) is 67.8 Å². The van der Waals surface area contributed by atoms with Gasteiger partial charge in [-0.3, -0.25) is 4.79 Å². The summed E-state index contributed by atoms with van der Waals surface area (Å²) in [6.45, 7) is 1.96. The molecule has 30 heavy (non-hydrogen) atoms. The number of thioether (sulfide) groups is 1. The van der Waals surface area contributed by atoms with Crippen molar-refractivity contribution in [2.24, 2.45) is 0 Å². The third-order valence-corrected chi connectivity index (χ3v) is 5.09. The number of rotatable bonds is 6. The van der Waals surface area contributed by atoms with E-state index in [9.17, 15) is 4.79 Å². The predicted octanol–water partition coefficient (Wildman–Crippen LogP) is 3.85. The maximum Gasteiger partial charge on any atom is 0.264 e. The van der Waals surface area contributed by atoms with Crippen molar-refractivity contribution in [2.45, 2.75) is 18.5 Å². The first-order chi connectivity index (χ1) is 14.5. The second kappa shape index (κ2) is 8.42. The first kappa shape index (κ1) is 19.7. The number of hydrogen-bond acceptors (Lipinski definition) is 7. The molecule has 3 N–H and O–H groups in total. The number of hydrogen-bond donors (Lipinski definition) is 2. The minimum Gasteiger partial charge on any atom is -0.383 e. The van der Waals surface area contributed by atoms with Gasteiger partial charge in [-0.2, -0.15) is 10.1 Å². The fourth-order valence-electron chi connectivity index (χ4n) is 3.00. The maximum absolute atomic E-state index is 12.4. The summed E-state index contributed by atoms with van der Waals surface area (Å²) in [7, 11) is 0. The number of benzene rings is 2. The number of amides is 1. The van der Waals surface area contributed by atoms with Gasteiger partial charge in [0.15, 0.2) is 0 Å². The summed E-state index contributed by atoms with van der Waals surface area (Å²) in [6.07, 6.45) is 1.87. The van der Waals surface area contributed by atoms with Crippen molar-refractivity contribution in [3.8, 4) is 22.8 Å². The summed E-state index contributed by atoms with van der Waals surface area (Å²) < 4.78 is 6.91. The molecule has 0 aliphatic heterocycles. The van der Waals surface area contributed by atoms with Crippen molar-refractivity contribution in [1.82, 2.24) is 19.9 Å². The van der Waals surface area contributed by atoms with Gasteiger partial charge in [-0.1, -0.05) is 47.1 Å². The molecule has 0 saturated heterocycles. The molecule has 0 unspecified atom stereocenters. The summed E-state index contributed by atoms with van der Waals surface area (Å²) in [5, 5.41) is 12.0. The second-order valence-corrected chi connectivity index (χ2v) is 7.43. The van der Waals surface area contributed by atoms with E-state index in [1.165, 1.54) is 16.4 Å². The molecule has 4 aromatic rings. The summed E-state index contributed by atoms with van der Waals surface area (Å²) in [5.41, 5.74) is 9.49. The highest BCUT2D eigenvalue weighted by molar-refractivity contribution is 7.98. The average molecular weight is 420 g/mol. The van der Waals surface area contributed by atoms with Crippen molar-refractivity contribution in [3.05, 3.63) is 60.2 Å². The van der Waals surface area contributed by atoms with Gasteiger partial charge in [0.25, 0.3) is 5.89 Å². The summed E-state index contributed by atoms with van der Waals surface area (Å²) >= 11 is 1.39. The van der Waals surface area contributed by atoms with Gasteiger partial charge < -0.3 is 15.6 Å². The molecule has 2 aromatic heterocycles. The lowest BCUT2D eigenvalue weighted by Crippen LogP contribution is -2.20. The monoisotopic (exact) mass is 420 g/mol. The molecule has 4 rings (SSSR count). The Morgan fingerprint density at radius 1 is 1.20 bits per heavy atom. The Hall–Kier alpha value is -3.59. The van der Waals surface area contributed by atoms with Crippen molar-refractivity contribution in [3.63, 3.8) is 0 Å². The average Bonchev–Trinajstić information content (AvgIpc) is 3.33. The Morgan fingerprint density at radius 3 is 2.73 bits per heavy atom. The van der Waals surface area contributed by atoms with Gasteiger partial charge in [-0.25, -0.2) is 4.68 Å². The smallest absolute Gasteiger partial charge is 0.264 e. The van der Waals surface area contributed by atoms with Crippen molar-refractivity contribution in [1.29, 1.82) is 0 Å². The summed E-state index contributed by atoms with van der Waals surface area (Å²) in [4.78, 5) is 16.9. The van der Waals surface area contributed by atoms with Crippen molar-refractivity contribution < 1.29 is 9.32 Å². The minimum absolute atomic E-state index is 0.0346. The van der Waals surface area contributed by atoms with Crippen LogP contribution in [0.25, 0.3) is 22.8 Å². The van der Waals surface area contributed by atoms with Crippen LogP contribution in [0.3, 0.4) is 0 Å². The zero-order chi connectivity index (χ0) is 21.1. The van der Waals surface area contributed by atoms with Gasteiger partial charge >= 0.3 is 0 Å². The normalized spacial score (nSPS) is 10.9. The highest BCUT2D eigenvalue weighted by Gasteiger charge is 2.23. The SMILES string of the molecule is CSc1nn(CC(=O)Nc2ccccc2)c(N)c1-c1nc(-c2cccc(C)c2)no1. The van der Waals surface area contributed by atoms with Crippen LogP contribution in [0.4, 0.5) is 11.5 Å². The molecule has 0 aliphatic carbocycles. The molecular formula is C21H20N6O2S. The molecule has 0 bridgehead atoms. The number of carbonyl (C=O) groups is 1. The Morgan fingerprint density at radius 2 is 2.00 bits per heavy atom. The lowest BCUT2D eigenvalue weighted by atomic mass is 10.1. The molecule has 0 aliphatic rings. The molecule has 0 fully saturated rings. The predicted molar refractivity (Wildman–Crippen MR) is 117 cm³/mol. The molecule has 0 atom stereocenters. The fourth-order valence-corrected chi connectivity index (χ4v) is 3.58. The van der Waals surface area contributed by atoms with Gasteiger partial charge in [0, 0.05) is 11.3 Å². The van der Waals surface area contributed by atoms with Crippen LogP contribution >= 0.6 is 11.8 Å². The van der Waals surface area contributed by atoms with Crippen LogP contribution in [0.5, 0.6) is 0 Å². The molecule has 1 amide bonds. The highest BCUT2D eigenvalue weighted by Crippen LogP contribution is 2.34. The second-order valence-electron chi connectivity index (χ2n) is 6.63. The van der Waals surface area contributed by atoms with Crippen molar-refractivity contribution in [2.75, 3.05) is 17.3 Å². The quantitative estimate of drug-likeness (QED) is 0.456. The zero-order valence-electron chi connectivity index (χ0n) is 16.5. The largest absolute Gasteiger partial charge is 0.383 e. The first-order valence-corrected chi connectivity index (χ1v) is 10.4. The molecule has 0 saturated carbocycles. The Labute approximate surface area is 177 Å². The van der Waals surface area contributed by atoms with Crippen LogP contribution in [-0.2, 0) is 11.3 Å². The highest BCUT2D eigenvalue weighted by atomic mass is 32.2. The molecule has 2 aromatic carbocycles. The van der Waals surface area contributed by atoms with Gasteiger partial charge in [-0.15, -0.1) is 11.8 Å². The number of aryl methyl sites for hydroxylation is 1. The van der Waals surface area contributed by atoms with Gasteiger partial charge in [0.05, 0.1) is 0 Å². The van der Waals surface area contributed by atoms with E-state index in [2.05, 4.69) is 20.6 Å². The number of nitrogens with zero attached hydrogens (tertiary/aromatic N) is 4. The fraction of sp³-hybridized carbons (Fsp3) is 0.143. The number of nitrogens with two attached hydrogens (primary N) is 1. The zero-order valence-corrected chi connectivity index (χ0v) is 17.3. The van der Waals surface area contributed by atoms with E-state index in [4.69, 9.17) is 10.3 Å². The van der Waals surface area contributed by atoms with Crippen LogP contribution in [0, 0.1) is 6.92 Å². The lowest BCUT2D eigenvalue weighted by molar-refractivity contribution is -0.116. The van der Waals surface area contributed by atoms with Crippen LogP contribution in [0.1, 0.15) is 5.56 Å². The van der Waals surface area contributed by atoms with E-state index in [-0.39, 0.29) is 18.3 Å². The summed E-state index contributed by atoms with van der Waals surface area (Å²) in [6, 6.07) is 17.0. The van der Waals surface area contributed by atoms with Crippen LogP contribution in [0.15, 0.2) is 64.1 Å². The number of nitrogens with one attached hydrogen (secondary N) is 1. The van der Waals surface area contributed by atoms with Crippen molar-refractivity contribution >= 4 is 29.2 Å². The Balaban J connectivity index is 1.60. The molecule has 2 heterocycles.